The van der Waals surface area contributed by atoms with Crippen LogP contribution in [0.15, 0.2) is 16.6 Å². The molecule has 1 aromatic rings. The van der Waals surface area contributed by atoms with Crippen molar-refractivity contribution in [2.75, 3.05) is 5.32 Å². The molecule has 0 aliphatic carbocycles. The van der Waals surface area contributed by atoms with Crippen LogP contribution >= 0.6 is 15.9 Å². The van der Waals surface area contributed by atoms with Crippen molar-refractivity contribution in [1.82, 2.24) is 4.98 Å². The standard InChI is InChI=1S/C7H8BrN3O/c1-4-5(8)2-3-6(10-4)11-7(9)12/h2-3H,1H3,(H3,9,10,11,12). The van der Waals surface area contributed by atoms with E-state index in [0.29, 0.717) is 5.82 Å². The monoisotopic (exact) mass is 229 g/mol. The molecule has 0 aliphatic heterocycles. The first-order chi connectivity index (χ1) is 5.59. The Morgan fingerprint density at radius 2 is 2.33 bits per heavy atom. The number of urea groups is 1. The minimum absolute atomic E-state index is 0.461. The average molecular weight is 230 g/mol. The van der Waals surface area contributed by atoms with Crippen molar-refractivity contribution >= 4 is 27.8 Å². The van der Waals surface area contributed by atoms with Crippen molar-refractivity contribution in [3.05, 3.63) is 22.3 Å². The minimum Gasteiger partial charge on any atom is -0.351 e. The molecule has 0 spiro atoms. The van der Waals surface area contributed by atoms with Crippen LogP contribution in [-0.4, -0.2) is 11.0 Å². The summed E-state index contributed by atoms with van der Waals surface area (Å²) in [5.74, 6) is 0.461. The zero-order chi connectivity index (χ0) is 9.14. The number of primary amides is 1. The molecule has 0 atom stereocenters. The summed E-state index contributed by atoms with van der Waals surface area (Å²) in [4.78, 5) is 14.5. The lowest BCUT2D eigenvalue weighted by atomic mass is 10.4. The first-order valence-corrected chi connectivity index (χ1v) is 4.08. The van der Waals surface area contributed by atoms with Gasteiger partial charge in [0, 0.05) is 4.47 Å². The normalized spacial score (nSPS) is 9.50. The van der Waals surface area contributed by atoms with Crippen LogP contribution in [0.4, 0.5) is 10.6 Å². The molecule has 0 saturated carbocycles. The number of hydrogen-bond donors (Lipinski definition) is 2. The van der Waals surface area contributed by atoms with Gasteiger partial charge >= 0.3 is 6.03 Å². The van der Waals surface area contributed by atoms with E-state index in [1.54, 1.807) is 12.1 Å². The predicted octanol–water partition coefficient (Wildman–Crippen LogP) is 1.64. The number of carbonyl (C=O) groups excluding carboxylic acids is 1. The van der Waals surface area contributed by atoms with E-state index < -0.39 is 6.03 Å². The molecule has 0 aliphatic rings. The Morgan fingerprint density at radius 1 is 1.67 bits per heavy atom. The molecule has 0 radical (unpaired) electrons. The fourth-order valence-corrected chi connectivity index (χ4v) is 0.961. The van der Waals surface area contributed by atoms with Gasteiger partial charge in [0.1, 0.15) is 5.82 Å². The Kier molecular flexibility index (Phi) is 2.65. The predicted molar refractivity (Wildman–Crippen MR) is 49.9 cm³/mol. The van der Waals surface area contributed by atoms with Crippen molar-refractivity contribution in [1.29, 1.82) is 0 Å². The van der Waals surface area contributed by atoms with Crippen molar-refractivity contribution < 1.29 is 4.79 Å². The van der Waals surface area contributed by atoms with E-state index in [0.717, 1.165) is 10.2 Å². The number of nitrogens with two attached hydrogens (primary N) is 1. The molecular formula is C7H8BrN3O. The molecule has 2 amide bonds. The maximum Gasteiger partial charge on any atom is 0.317 e. The molecule has 1 heterocycles. The largest absolute Gasteiger partial charge is 0.351 e. The summed E-state index contributed by atoms with van der Waals surface area (Å²) in [6.07, 6.45) is 0. The zero-order valence-corrected chi connectivity index (χ0v) is 8.05. The Morgan fingerprint density at radius 3 is 2.83 bits per heavy atom. The first kappa shape index (κ1) is 8.99. The molecule has 0 aromatic carbocycles. The number of nitrogens with zero attached hydrogens (tertiary/aromatic N) is 1. The van der Waals surface area contributed by atoms with Gasteiger partial charge in [-0.1, -0.05) is 0 Å². The molecule has 1 aromatic heterocycles. The lowest BCUT2D eigenvalue weighted by Crippen LogP contribution is -2.20. The van der Waals surface area contributed by atoms with E-state index >= 15 is 0 Å². The summed E-state index contributed by atoms with van der Waals surface area (Å²) in [5.41, 5.74) is 5.72. The van der Waals surface area contributed by atoms with Crippen molar-refractivity contribution in [3.63, 3.8) is 0 Å². The Labute approximate surface area is 78.3 Å². The van der Waals surface area contributed by atoms with E-state index in [2.05, 4.69) is 26.2 Å². The fraction of sp³-hybridized carbons (Fsp3) is 0.143. The molecule has 64 valence electrons. The van der Waals surface area contributed by atoms with Gasteiger partial charge in [-0.15, -0.1) is 0 Å². The number of pyridine rings is 1. The number of amides is 2. The van der Waals surface area contributed by atoms with E-state index in [9.17, 15) is 4.79 Å². The quantitative estimate of drug-likeness (QED) is 0.769. The number of aryl methyl sites for hydroxylation is 1. The SMILES string of the molecule is Cc1nc(NC(N)=O)ccc1Br. The highest BCUT2D eigenvalue weighted by molar-refractivity contribution is 9.10. The van der Waals surface area contributed by atoms with Gasteiger partial charge in [0.25, 0.3) is 0 Å². The van der Waals surface area contributed by atoms with Gasteiger partial charge in [0.2, 0.25) is 0 Å². The van der Waals surface area contributed by atoms with Crippen molar-refractivity contribution in [2.45, 2.75) is 6.92 Å². The lowest BCUT2D eigenvalue weighted by Gasteiger charge is -2.02. The molecule has 1 rings (SSSR count). The second-order valence-electron chi connectivity index (χ2n) is 2.25. The molecule has 0 saturated heterocycles. The van der Waals surface area contributed by atoms with Crippen LogP contribution < -0.4 is 11.1 Å². The van der Waals surface area contributed by atoms with E-state index in [1.165, 1.54) is 0 Å². The third kappa shape index (κ3) is 2.20. The summed E-state index contributed by atoms with van der Waals surface area (Å²) >= 11 is 3.29. The first-order valence-electron chi connectivity index (χ1n) is 3.29. The van der Waals surface area contributed by atoms with Crippen LogP contribution in [0, 0.1) is 6.92 Å². The Balaban J connectivity index is 2.89. The van der Waals surface area contributed by atoms with Crippen LogP contribution in [0.1, 0.15) is 5.69 Å². The fourth-order valence-electron chi connectivity index (χ4n) is 0.740. The molecule has 0 unspecified atom stereocenters. The van der Waals surface area contributed by atoms with Crippen LogP contribution in [0.3, 0.4) is 0 Å². The van der Waals surface area contributed by atoms with Gasteiger partial charge in [-0.2, -0.15) is 0 Å². The highest BCUT2D eigenvalue weighted by Gasteiger charge is 1.99. The maximum atomic E-state index is 10.4. The number of anilines is 1. The van der Waals surface area contributed by atoms with Crippen LogP contribution in [0.2, 0.25) is 0 Å². The summed E-state index contributed by atoms with van der Waals surface area (Å²) in [6, 6.07) is 2.86. The number of carbonyl (C=O) groups is 1. The number of aromatic nitrogens is 1. The number of rotatable bonds is 1. The molecule has 12 heavy (non-hydrogen) atoms. The van der Waals surface area contributed by atoms with Crippen LogP contribution in [0.5, 0.6) is 0 Å². The number of halogens is 1. The van der Waals surface area contributed by atoms with Gasteiger partial charge in [0.05, 0.1) is 5.69 Å². The Bertz CT molecular complexity index is 314. The highest BCUT2D eigenvalue weighted by Crippen LogP contribution is 2.15. The summed E-state index contributed by atoms with van der Waals surface area (Å²) < 4.78 is 0.900. The van der Waals surface area contributed by atoms with E-state index in [4.69, 9.17) is 5.73 Å². The second kappa shape index (κ2) is 3.53. The minimum atomic E-state index is -0.607. The van der Waals surface area contributed by atoms with Crippen molar-refractivity contribution in [3.8, 4) is 0 Å². The zero-order valence-electron chi connectivity index (χ0n) is 6.47. The smallest absolute Gasteiger partial charge is 0.317 e. The number of hydrogen-bond acceptors (Lipinski definition) is 2. The van der Waals surface area contributed by atoms with Gasteiger partial charge in [0.15, 0.2) is 0 Å². The molecule has 3 N–H and O–H groups in total. The van der Waals surface area contributed by atoms with Crippen LogP contribution in [-0.2, 0) is 0 Å². The third-order valence-electron chi connectivity index (χ3n) is 1.27. The average Bonchev–Trinajstić information content (AvgIpc) is 1.96. The summed E-state index contributed by atoms with van der Waals surface area (Å²) in [5, 5.41) is 2.38. The third-order valence-corrected chi connectivity index (χ3v) is 2.11. The topological polar surface area (TPSA) is 68.0 Å². The van der Waals surface area contributed by atoms with Gasteiger partial charge < -0.3 is 5.73 Å². The van der Waals surface area contributed by atoms with Gasteiger partial charge in [-0.25, -0.2) is 9.78 Å². The Hall–Kier alpha value is -1.10. The summed E-state index contributed by atoms with van der Waals surface area (Å²) in [7, 11) is 0. The van der Waals surface area contributed by atoms with E-state index in [1.807, 2.05) is 6.92 Å². The summed E-state index contributed by atoms with van der Waals surface area (Å²) in [6.45, 7) is 1.83. The highest BCUT2D eigenvalue weighted by atomic mass is 79.9. The molecule has 4 nitrogen and oxygen atoms in total. The lowest BCUT2D eigenvalue weighted by molar-refractivity contribution is 0.259. The molecule has 5 heteroatoms. The van der Waals surface area contributed by atoms with E-state index in [-0.39, 0.29) is 0 Å². The second-order valence-corrected chi connectivity index (χ2v) is 3.11. The molecule has 0 bridgehead atoms. The van der Waals surface area contributed by atoms with Gasteiger partial charge in [-0.05, 0) is 35.0 Å². The van der Waals surface area contributed by atoms with Crippen molar-refractivity contribution in [2.24, 2.45) is 5.73 Å². The maximum absolute atomic E-state index is 10.4. The van der Waals surface area contributed by atoms with Crippen LogP contribution in [0.25, 0.3) is 0 Å². The van der Waals surface area contributed by atoms with Gasteiger partial charge in [-0.3, -0.25) is 5.32 Å². The number of nitrogens with one attached hydrogen (secondary N) is 1. The molecule has 0 fully saturated rings. The molecular weight excluding hydrogens is 222 g/mol.